The fourth-order valence-electron chi connectivity index (χ4n) is 1.97. The first-order chi connectivity index (χ1) is 11.9. The standard InChI is InChI=1S/C14H19F2N7O2/c1-21(2)12(24)9-22-8-10(7-19-22)20-14(25)18-4-3-11-17-5-6-23(11)13(15)16/h5-8,13H,3-4,9H2,1-2H3,(H2,18,20,25). The number of anilines is 1. The summed E-state index contributed by atoms with van der Waals surface area (Å²) in [5, 5.41) is 9.07. The summed E-state index contributed by atoms with van der Waals surface area (Å²) in [6, 6.07) is -0.506. The first kappa shape index (κ1) is 18.4. The van der Waals surface area contributed by atoms with Gasteiger partial charge in [0.1, 0.15) is 12.4 Å². The molecule has 0 aromatic carbocycles. The Morgan fingerprint density at radius 2 is 2.12 bits per heavy atom. The third kappa shape index (κ3) is 5.26. The molecule has 2 aromatic rings. The number of nitrogens with one attached hydrogen (secondary N) is 2. The number of urea groups is 1. The van der Waals surface area contributed by atoms with Gasteiger partial charge < -0.3 is 15.5 Å². The number of carbonyl (C=O) groups is 2. The fourth-order valence-corrected chi connectivity index (χ4v) is 1.97. The maximum atomic E-state index is 12.7. The second-order valence-electron chi connectivity index (χ2n) is 5.37. The minimum atomic E-state index is -2.66. The molecule has 0 spiro atoms. The lowest BCUT2D eigenvalue weighted by molar-refractivity contribution is -0.129. The predicted molar refractivity (Wildman–Crippen MR) is 85.1 cm³/mol. The van der Waals surface area contributed by atoms with Gasteiger partial charge >= 0.3 is 12.6 Å². The van der Waals surface area contributed by atoms with Crippen molar-refractivity contribution < 1.29 is 18.4 Å². The van der Waals surface area contributed by atoms with Crippen molar-refractivity contribution in [3.8, 4) is 0 Å². The molecule has 2 rings (SSSR count). The highest BCUT2D eigenvalue weighted by molar-refractivity contribution is 5.88. The number of carbonyl (C=O) groups excluding carboxylic acids is 2. The summed E-state index contributed by atoms with van der Waals surface area (Å²) < 4.78 is 27.5. The fraction of sp³-hybridized carbons (Fsp3) is 0.429. The maximum absolute atomic E-state index is 12.7. The largest absolute Gasteiger partial charge is 0.347 e. The topological polar surface area (TPSA) is 97.1 Å². The molecule has 0 bridgehead atoms. The van der Waals surface area contributed by atoms with E-state index >= 15 is 0 Å². The quantitative estimate of drug-likeness (QED) is 0.772. The summed E-state index contributed by atoms with van der Waals surface area (Å²) in [4.78, 5) is 28.6. The lowest BCUT2D eigenvalue weighted by Crippen LogP contribution is -2.31. The first-order valence-corrected chi connectivity index (χ1v) is 7.44. The predicted octanol–water partition coefficient (Wildman–Crippen LogP) is 0.927. The number of nitrogens with zero attached hydrogens (tertiary/aromatic N) is 5. The number of aromatic nitrogens is 4. The molecule has 11 heteroatoms. The number of amides is 3. The second-order valence-corrected chi connectivity index (χ2v) is 5.37. The summed E-state index contributed by atoms with van der Waals surface area (Å²) in [6.45, 7) is -2.46. The van der Waals surface area contributed by atoms with Gasteiger partial charge in [0.05, 0.1) is 11.9 Å². The van der Waals surface area contributed by atoms with E-state index in [1.165, 1.54) is 34.4 Å². The van der Waals surface area contributed by atoms with Crippen molar-refractivity contribution >= 4 is 17.6 Å². The van der Waals surface area contributed by atoms with E-state index in [-0.39, 0.29) is 31.2 Å². The van der Waals surface area contributed by atoms with E-state index < -0.39 is 12.6 Å². The average molecular weight is 355 g/mol. The molecular weight excluding hydrogens is 336 g/mol. The molecule has 0 saturated heterocycles. The van der Waals surface area contributed by atoms with Gasteiger partial charge in [-0.2, -0.15) is 13.9 Å². The van der Waals surface area contributed by atoms with Crippen LogP contribution < -0.4 is 10.6 Å². The lowest BCUT2D eigenvalue weighted by atomic mass is 10.4. The highest BCUT2D eigenvalue weighted by Gasteiger charge is 2.12. The van der Waals surface area contributed by atoms with Crippen LogP contribution in [0.25, 0.3) is 0 Å². The van der Waals surface area contributed by atoms with Crippen LogP contribution >= 0.6 is 0 Å². The Morgan fingerprint density at radius 1 is 1.36 bits per heavy atom. The van der Waals surface area contributed by atoms with E-state index in [9.17, 15) is 18.4 Å². The smallest absolute Gasteiger partial charge is 0.319 e. The zero-order chi connectivity index (χ0) is 18.4. The Balaban J connectivity index is 1.78. The Bertz CT molecular complexity index is 726. The number of hydrogen-bond donors (Lipinski definition) is 2. The third-order valence-corrected chi connectivity index (χ3v) is 3.28. The van der Waals surface area contributed by atoms with Gasteiger partial charge in [-0.25, -0.2) is 9.78 Å². The molecule has 9 nitrogen and oxygen atoms in total. The van der Waals surface area contributed by atoms with Crippen LogP contribution in [0.2, 0.25) is 0 Å². The zero-order valence-corrected chi connectivity index (χ0v) is 13.8. The highest BCUT2D eigenvalue weighted by Crippen LogP contribution is 2.12. The molecule has 0 unspecified atom stereocenters. The highest BCUT2D eigenvalue weighted by atomic mass is 19.3. The lowest BCUT2D eigenvalue weighted by Gasteiger charge is -2.09. The molecule has 0 aliphatic heterocycles. The zero-order valence-electron chi connectivity index (χ0n) is 13.8. The van der Waals surface area contributed by atoms with Crippen molar-refractivity contribution in [1.29, 1.82) is 0 Å². The van der Waals surface area contributed by atoms with E-state index in [4.69, 9.17) is 0 Å². The summed E-state index contributed by atoms with van der Waals surface area (Å²) in [5.41, 5.74) is 0.415. The number of imidazole rings is 1. The monoisotopic (exact) mass is 355 g/mol. The van der Waals surface area contributed by atoms with Gasteiger partial charge in [-0.15, -0.1) is 0 Å². The molecule has 0 fully saturated rings. The molecule has 0 saturated carbocycles. The molecule has 2 aromatic heterocycles. The van der Waals surface area contributed by atoms with Crippen LogP contribution in [-0.2, 0) is 17.8 Å². The molecule has 136 valence electrons. The van der Waals surface area contributed by atoms with Crippen LogP contribution in [0, 0.1) is 0 Å². The van der Waals surface area contributed by atoms with Crippen molar-refractivity contribution in [2.24, 2.45) is 0 Å². The normalized spacial score (nSPS) is 10.8. The third-order valence-electron chi connectivity index (χ3n) is 3.28. The minimum absolute atomic E-state index is 0.0621. The first-order valence-electron chi connectivity index (χ1n) is 7.44. The molecule has 3 amide bonds. The van der Waals surface area contributed by atoms with Crippen LogP contribution in [0.15, 0.2) is 24.8 Å². The average Bonchev–Trinajstić information content (AvgIpc) is 3.16. The SMILES string of the molecule is CN(C)C(=O)Cn1cc(NC(=O)NCCc2nccn2C(F)F)cn1. The van der Waals surface area contributed by atoms with Crippen LogP contribution in [-0.4, -0.2) is 56.8 Å². The van der Waals surface area contributed by atoms with Crippen molar-refractivity contribution in [2.75, 3.05) is 26.0 Å². The van der Waals surface area contributed by atoms with Gasteiger partial charge in [0, 0.05) is 45.7 Å². The number of alkyl halides is 2. The Kier molecular flexibility index (Phi) is 6.03. The Hall–Kier alpha value is -2.98. The molecule has 2 N–H and O–H groups in total. The summed E-state index contributed by atoms with van der Waals surface area (Å²) >= 11 is 0. The number of halogens is 2. The van der Waals surface area contributed by atoms with E-state index in [1.807, 2.05) is 0 Å². The van der Waals surface area contributed by atoms with E-state index in [1.54, 1.807) is 14.1 Å². The summed E-state index contributed by atoms with van der Waals surface area (Å²) in [7, 11) is 3.27. The van der Waals surface area contributed by atoms with Crippen LogP contribution in [0.3, 0.4) is 0 Å². The minimum Gasteiger partial charge on any atom is -0.347 e. The van der Waals surface area contributed by atoms with Gasteiger partial charge in [0.2, 0.25) is 5.91 Å². The van der Waals surface area contributed by atoms with Crippen molar-refractivity contribution in [3.63, 3.8) is 0 Å². The number of likely N-dealkylation sites (N-methyl/N-ethyl adjacent to an activating group) is 1. The van der Waals surface area contributed by atoms with Crippen molar-refractivity contribution in [2.45, 2.75) is 19.5 Å². The van der Waals surface area contributed by atoms with Gasteiger partial charge in [-0.05, 0) is 0 Å². The second kappa shape index (κ2) is 8.22. The molecular formula is C14H19F2N7O2. The summed E-state index contributed by atoms with van der Waals surface area (Å²) in [6.07, 6.45) is 5.56. The molecule has 0 atom stereocenters. The van der Waals surface area contributed by atoms with E-state index in [2.05, 4.69) is 20.7 Å². The number of rotatable bonds is 7. The summed E-state index contributed by atoms with van der Waals surface area (Å²) in [5.74, 6) is 0.0546. The van der Waals surface area contributed by atoms with Gasteiger partial charge in [-0.3, -0.25) is 14.0 Å². The molecule has 25 heavy (non-hydrogen) atoms. The van der Waals surface area contributed by atoms with Crippen LogP contribution in [0.5, 0.6) is 0 Å². The number of hydrogen-bond acceptors (Lipinski definition) is 4. The molecule has 0 aliphatic carbocycles. The van der Waals surface area contributed by atoms with Gasteiger partial charge in [0.25, 0.3) is 0 Å². The van der Waals surface area contributed by atoms with Crippen LogP contribution in [0.1, 0.15) is 12.4 Å². The van der Waals surface area contributed by atoms with Crippen LogP contribution in [0.4, 0.5) is 19.3 Å². The van der Waals surface area contributed by atoms with E-state index in [0.29, 0.717) is 5.69 Å². The molecule has 2 heterocycles. The van der Waals surface area contributed by atoms with Crippen molar-refractivity contribution in [1.82, 2.24) is 29.5 Å². The van der Waals surface area contributed by atoms with Gasteiger partial charge in [0.15, 0.2) is 0 Å². The Morgan fingerprint density at radius 3 is 2.80 bits per heavy atom. The molecule has 0 aliphatic rings. The van der Waals surface area contributed by atoms with Crippen molar-refractivity contribution in [3.05, 3.63) is 30.6 Å². The molecule has 0 radical (unpaired) electrons. The maximum Gasteiger partial charge on any atom is 0.319 e. The van der Waals surface area contributed by atoms with E-state index in [0.717, 1.165) is 4.57 Å². The van der Waals surface area contributed by atoms with Gasteiger partial charge in [-0.1, -0.05) is 0 Å². The Labute approximate surface area is 142 Å².